The molecular formula is C12H15N3O4. The van der Waals surface area contributed by atoms with E-state index in [2.05, 4.69) is 10.9 Å². The molecule has 0 radical (unpaired) electrons. The van der Waals surface area contributed by atoms with E-state index in [4.69, 9.17) is 10.8 Å². The van der Waals surface area contributed by atoms with Crippen LogP contribution in [0.5, 0.6) is 0 Å². The topological polar surface area (TPSA) is 122 Å². The third kappa shape index (κ3) is 5.17. The first kappa shape index (κ1) is 14.7. The van der Waals surface area contributed by atoms with Crippen molar-refractivity contribution < 1.29 is 19.5 Å². The Bertz CT molecular complexity index is 488. The molecule has 1 aromatic rings. The van der Waals surface area contributed by atoms with Crippen LogP contribution in [-0.4, -0.2) is 22.9 Å². The smallest absolute Gasteiger partial charge is 0.336 e. The fourth-order valence-electron chi connectivity index (χ4n) is 1.42. The first-order chi connectivity index (χ1) is 9.00. The molecule has 7 heteroatoms. The number of aromatic carboxylic acids is 1. The summed E-state index contributed by atoms with van der Waals surface area (Å²) >= 11 is 0. The van der Waals surface area contributed by atoms with Crippen molar-refractivity contribution in [1.82, 2.24) is 10.9 Å². The molecule has 0 aliphatic carbocycles. The van der Waals surface area contributed by atoms with E-state index < -0.39 is 11.9 Å². The van der Waals surface area contributed by atoms with Gasteiger partial charge in [-0.15, -0.1) is 0 Å². The summed E-state index contributed by atoms with van der Waals surface area (Å²) in [6.07, 6.45) is -0.0395. The second-order valence-corrected chi connectivity index (χ2v) is 3.83. The molecule has 1 rings (SSSR count). The van der Waals surface area contributed by atoms with Crippen molar-refractivity contribution in [3.05, 3.63) is 35.4 Å². The van der Waals surface area contributed by atoms with Crippen LogP contribution in [0, 0.1) is 0 Å². The van der Waals surface area contributed by atoms with Gasteiger partial charge in [-0.2, -0.15) is 0 Å². The summed E-state index contributed by atoms with van der Waals surface area (Å²) in [6.45, 7) is 0.171. The number of carboxylic acids is 1. The number of rotatable bonds is 7. The van der Waals surface area contributed by atoms with Gasteiger partial charge in [-0.25, -0.2) is 10.2 Å². The number of nitrogens with one attached hydrogen (secondary N) is 2. The Morgan fingerprint density at radius 1 is 1.16 bits per heavy atom. The van der Waals surface area contributed by atoms with Crippen LogP contribution >= 0.6 is 0 Å². The lowest BCUT2D eigenvalue weighted by molar-refractivity contribution is -0.125. The van der Waals surface area contributed by atoms with E-state index in [1.807, 2.05) is 0 Å². The number of carbonyl (C=O) groups excluding carboxylic acids is 2. The number of benzene rings is 1. The number of hydrogen-bond donors (Lipinski definition) is 4. The van der Waals surface area contributed by atoms with Gasteiger partial charge in [0.2, 0.25) is 11.8 Å². The monoisotopic (exact) mass is 265 g/mol. The predicted octanol–water partition coefficient (Wildman–Crippen LogP) is -0.229. The maximum atomic E-state index is 11.3. The average molecular weight is 265 g/mol. The molecule has 2 amide bonds. The summed E-state index contributed by atoms with van der Waals surface area (Å²) < 4.78 is 0. The van der Waals surface area contributed by atoms with Crippen molar-refractivity contribution in [3.63, 3.8) is 0 Å². The van der Waals surface area contributed by atoms with Gasteiger partial charge in [-0.1, -0.05) is 18.2 Å². The van der Waals surface area contributed by atoms with E-state index in [0.717, 1.165) is 0 Å². The van der Waals surface area contributed by atoms with Crippen molar-refractivity contribution in [3.8, 4) is 0 Å². The molecule has 0 spiro atoms. The predicted molar refractivity (Wildman–Crippen MR) is 66.8 cm³/mol. The van der Waals surface area contributed by atoms with Crippen molar-refractivity contribution >= 4 is 17.8 Å². The lowest BCUT2D eigenvalue weighted by Gasteiger charge is -2.08. The molecule has 19 heavy (non-hydrogen) atoms. The Balaban J connectivity index is 2.43. The Morgan fingerprint density at radius 3 is 2.47 bits per heavy atom. The third-order valence-electron chi connectivity index (χ3n) is 2.35. The van der Waals surface area contributed by atoms with Gasteiger partial charge in [0.15, 0.2) is 0 Å². The van der Waals surface area contributed by atoms with Crippen molar-refractivity contribution in [1.29, 1.82) is 0 Å². The van der Waals surface area contributed by atoms with Gasteiger partial charge in [0.25, 0.3) is 0 Å². The third-order valence-corrected chi connectivity index (χ3v) is 2.35. The van der Waals surface area contributed by atoms with Crippen molar-refractivity contribution in [2.45, 2.75) is 19.4 Å². The molecule has 0 bridgehead atoms. The summed E-state index contributed by atoms with van der Waals surface area (Å²) in [7, 11) is 0. The Kier molecular flexibility index (Phi) is 5.49. The quantitative estimate of drug-likeness (QED) is 0.507. The Labute approximate surface area is 109 Å². The fourth-order valence-corrected chi connectivity index (χ4v) is 1.42. The zero-order valence-electron chi connectivity index (χ0n) is 10.2. The number of hydrogen-bond acceptors (Lipinski definition) is 4. The highest BCUT2D eigenvalue weighted by Gasteiger charge is 2.09. The van der Waals surface area contributed by atoms with E-state index >= 15 is 0 Å². The number of carboxylic acid groups (broad SMARTS) is 1. The summed E-state index contributed by atoms with van der Waals surface area (Å²) in [5.41, 5.74) is 10.6. The van der Waals surface area contributed by atoms with Crippen LogP contribution in [0.1, 0.15) is 28.8 Å². The van der Waals surface area contributed by atoms with Crippen LogP contribution in [0.4, 0.5) is 0 Å². The van der Waals surface area contributed by atoms with E-state index in [-0.39, 0.29) is 30.9 Å². The summed E-state index contributed by atoms with van der Waals surface area (Å²) in [5.74, 6) is -1.96. The summed E-state index contributed by atoms with van der Waals surface area (Å²) in [5, 5.41) is 8.95. The molecule has 0 heterocycles. The minimum atomic E-state index is -1.03. The molecular weight excluding hydrogens is 250 g/mol. The normalized spacial score (nSPS) is 9.89. The molecule has 0 atom stereocenters. The van der Waals surface area contributed by atoms with E-state index in [9.17, 15) is 14.4 Å². The molecule has 0 aromatic heterocycles. The van der Waals surface area contributed by atoms with Crippen molar-refractivity contribution in [2.75, 3.05) is 0 Å². The Hall–Kier alpha value is -2.41. The van der Waals surface area contributed by atoms with Gasteiger partial charge in [0, 0.05) is 19.4 Å². The van der Waals surface area contributed by atoms with Crippen LogP contribution in [0.15, 0.2) is 24.3 Å². The molecule has 102 valence electrons. The number of hydrazine groups is 1. The van der Waals surface area contributed by atoms with Crippen LogP contribution < -0.4 is 16.6 Å². The van der Waals surface area contributed by atoms with E-state index in [0.29, 0.717) is 5.56 Å². The standard InChI is InChI=1S/C12H15N3O4/c13-10(16)5-6-11(17)15-14-7-8-3-1-2-4-9(8)12(18)19/h1-4,14H,5-7H2,(H2,13,16)(H,15,17)(H,18,19). The van der Waals surface area contributed by atoms with Crippen molar-refractivity contribution in [2.24, 2.45) is 5.73 Å². The molecule has 0 aliphatic rings. The minimum absolute atomic E-state index is 0.0110. The van der Waals surface area contributed by atoms with Gasteiger partial charge >= 0.3 is 5.97 Å². The number of nitrogens with two attached hydrogens (primary N) is 1. The minimum Gasteiger partial charge on any atom is -0.478 e. The lowest BCUT2D eigenvalue weighted by Crippen LogP contribution is -2.37. The second-order valence-electron chi connectivity index (χ2n) is 3.83. The highest BCUT2D eigenvalue weighted by atomic mass is 16.4. The SMILES string of the molecule is NC(=O)CCC(=O)NNCc1ccccc1C(=O)O. The van der Waals surface area contributed by atoms with Gasteiger partial charge < -0.3 is 10.8 Å². The lowest BCUT2D eigenvalue weighted by atomic mass is 10.1. The maximum absolute atomic E-state index is 11.3. The Morgan fingerprint density at radius 2 is 1.84 bits per heavy atom. The molecule has 1 aromatic carbocycles. The maximum Gasteiger partial charge on any atom is 0.336 e. The van der Waals surface area contributed by atoms with Crippen LogP contribution in [-0.2, 0) is 16.1 Å². The first-order valence-electron chi connectivity index (χ1n) is 5.62. The van der Waals surface area contributed by atoms with Gasteiger partial charge in [-0.3, -0.25) is 15.0 Å². The summed E-state index contributed by atoms with van der Waals surface area (Å²) in [4.78, 5) is 32.7. The zero-order valence-corrected chi connectivity index (χ0v) is 10.2. The molecule has 0 aliphatic heterocycles. The number of amides is 2. The van der Waals surface area contributed by atoms with Gasteiger partial charge in [0.1, 0.15) is 0 Å². The van der Waals surface area contributed by atoms with Crippen LogP contribution in [0.25, 0.3) is 0 Å². The zero-order chi connectivity index (χ0) is 14.3. The number of primary amides is 1. The fraction of sp³-hybridized carbons (Fsp3) is 0.250. The highest BCUT2D eigenvalue weighted by molar-refractivity contribution is 5.89. The van der Waals surface area contributed by atoms with Crippen LogP contribution in [0.2, 0.25) is 0 Å². The van der Waals surface area contributed by atoms with E-state index in [1.165, 1.54) is 6.07 Å². The second kappa shape index (κ2) is 7.12. The average Bonchev–Trinajstić information content (AvgIpc) is 2.36. The van der Waals surface area contributed by atoms with E-state index in [1.54, 1.807) is 18.2 Å². The largest absolute Gasteiger partial charge is 0.478 e. The molecule has 5 N–H and O–H groups in total. The van der Waals surface area contributed by atoms with Gasteiger partial charge in [0.05, 0.1) is 5.56 Å². The molecule has 0 unspecified atom stereocenters. The van der Waals surface area contributed by atoms with Gasteiger partial charge in [-0.05, 0) is 11.6 Å². The molecule has 7 nitrogen and oxygen atoms in total. The molecule has 0 saturated heterocycles. The molecule has 0 saturated carbocycles. The number of carbonyl (C=O) groups is 3. The first-order valence-corrected chi connectivity index (χ1v) is 5.62. The summed E-state index contributed by atoms with van der Waals surface area (Å²) in [6, 6.07) is 6.46. The highest BCUT2D eigenvalue weighted by Crippen LogP contribution is 2.07. The molecule has 0 fully saturated rings. The van der Waals surface area contributed by atoms with Crippen LogP contribution in [0.3, 0.4) is 0 Å².